The van der Waals surface area contributed by atoms with Crippen LogP contribution in [0.15, 0.2) is 29.3 Å². The molecule has 1 unspecified atom stereocenters. The number of aromatic nitrogens is 2. The zero-order valence-electron chi connectivity index (χ0n) is 15.4. The van der Waals surface area contributed by atoms with Crippen LogP contribution in [0.5, 0.6) is 0 Å². The molecule has 0 spiro atoms. The zero-order valence-corrected chi connectivity index (χ0v) is 16.9. The van der Waals surface area contributed by atoms with Gasteiger partial charge in [0.15, 0.2) is 0 Å². The van der Waals surface area contributed by atoms with Crippen LogP contribution in [0.2, 0.25) is 10.0 Å². The summed E-state index contributed by atoms with van der Waals surface area (Å²) in [4.78, 5) is 20.8. The van der Waals surface area contributed by atoms with Crippen LogP contribution in [0.1, 0.15) is 36.2 Å². The van der Waals surface area contributed by atoms with Crippen molar-refractivity contribution in [2.75, 3.05) is 7.05 Å². The molecular formula is C18H19Cl2F2N5O2. The van der Waals surface area contributed by atoms with Crippen molar-refractivity contribution in [1.29, 1.82) is 0 Å². The van der Waals surface area contributed by atoms with Crippen molar-refractivity contribution in [2.45, 2.75) is 37.4 Å². The van der Waals surface area contributed by atoms with Crippen LogP contribution < -0.4 is 11.2 Å². The number of nitrogens with one attached hydrogen (secondary N) is 1. The fourth-order valence-corrected chi connectivity index (χ4v) is 3.88. The average Bonchev–Trinajstić information content (AvgIpc) is 3.14. The number of carbonyl (C=O) groups is 1. The lowest BCUT2D eigenvalue weighted by Crippen LogP contribution is -2.34. The van der Waals surface area contributed by atoms with E-state index in [0.29, 0.717) is 16.3 Å². The number of hydrogen-bond donors (Lipinski definition) is 2. The molecule has 7 nitrogen and oxygen atoms in total. The van der Waals surface area contributed by atoms with Crippen LogP contribution in [0.25, 0.3) is 0 Å². The number of nitrogens with two attached hydrogens (primary N) is 1. The monoisotopic (exact) mass is 445 g/mol. The second kappa shape index (κ2) is 8.74. The van der Waals surface area contributed by atoms with Crippen molar-refractivity contribution < 1.29 is 18.4 Å². The molecule has 0 amide bonds. The molecule has 3 N–H and O–H groups in total. The third-order valence-corrected chi connectivity index (χ3v) is 5.33. The van der Waals surface area contributed by atoms with E-state index in [1.54, 1.807) is 12.1 Å². The minimum Gasteiger partial charge on any atom is -0.384 e. The molecule has 1 atom stereocenters. The average molecular weight is 446 g/mol. The number of halogens is 4. The van der Waals surface area contributed by atoms with Crippen LogP contribution in [0, 0.1) is 0 Å². The lowest BCUT2D eigenvalue weighted by Gasteiger charge is -2.21. The fraction of sp³-hybridized carbons (Fsp3) is 0.389. The number of alkyl halides is 2. The van der Waals surface area contributed by atoms with Gasteiger partial charge in [-0.25, -0.2) is 13.8 Å². The molecule has 1 saturated carbocycles. The molecular weight excluding hydrogens is 427 g/mol. The number of aliphatic imine (C=N–C) groups is 1. The van der Waals surface area contributed by atoms with Gasteiger partial charge in [-0.05, 0) is 43.7 Å². The molecule has 0 saturated heterocycles. The number of nitrogens with zero attached hydrogens (tertiary/aromatic N) is 3. The molecule has 0 bridgehead atoms. The molecule has 0 radical (unpaired) electrons. The first-order valence-corrected chi connectivity index (χ1v) is 9.53. The summed E-state index contributed by atoms with van der Waals surface area (Å²) >= 11 is 12.3. The molecule has 156 valence electrons. The van der Waals surface area contributed by atoms with Gasteiger partial charge in [-0.2, -0.15) is 5.10 Å². The standard InChI is InChI=1S/C17H14Cl2F2N4O2.CH5N/c18-9-1-2-10(11(19)7-9)17(3-4-17)16-22-15(27-24-16)13-8-12(14(20)21)23-25(13)5-6-26;1-2/h1-2,6-8,14,16,24H,3-5H2;2H2,1H3. The van der Waals surface area contributed by atoms with E-state index in [-0.39, 0.29) is 23.6 Å². The maximum absolute atomic E-state index is 13.0. The minimum absolute atomic E-state index is 0.109. The van der Waals surface area contributed by atoms with Gasteiger partial charge in [-0.1, -0.05) is 29.3 Å². The molecule has 1 aliphatic heterocycles. The van der Waals surface area contributed by atoms with Gasteiger partial charge in [-0.15, -0.1) is 5.48 Å². The van der Waals surface area contributed by atoms with Crippen molar-refractivity contribution in [2.24, 2.45) is 10.7 Å². The van der Waals surface area contributed by atoms with Crippen molar-refractivity contribution >= 4 is 35.4 Å². The fourth-order valence-electron chi connectivity index (χ4n) is 3.28. The molecule has 1 aromatic heterocycles. The maximum Gasteiger partial charge on any atom is 0.282 e. The molecule has 29 heavy (non-hydrogen) atoms. The molecule has 1 aromatic carbocycles. The van der Waals surface area contributed by atoms with Gasteiger partial charge < -0.3 is 15.4 Å². The van der Waals surface area contributed by atoms with Crippen LogP contribution in [-0.4, -0.2) is 35.2 Å². The van der Waals surface area contributed by atoms with Gasteiger partial charge in [0.2, 0.25) is 0 Å². The van der Waals surface area contributed by atoms with Crippen LogP contribution in [0.3, 0.4) is 0 Å². The molecule has 2 aromatic rings. The van der Waals surface area contributed by atoms with Crippen molar-refractivity contribution in [3.63, 3.8) is 0 Å². The second-order valence-electron chi connectivity index (χ2n) is 6.44. The Kier molecular flexibility index (Phi) is 6.52. The summed E-state index contributed by atoms with van der Waals surface area (Å²) in [5, 5.41) is 4.82. The highest BCUT2D eigenvalue weighted by Gasteiger charge is 2.54. The van der Waals surface area contributed by atoms with Gasteiger partial charge in [0.05, 0.1) is 6.54 Å². The summed E-state index contributed by atoms with van der Waals surface area (Å²) < 4.78 is 27.1. The summed E-state index contributed by atoms with van der Waals surface area (Å²) in [6.45, 7) is -0.177. The van der Waals surface area contributed by atoms with Crippen LogP contribution in [-0.2, 0) is 21.6 Å². The topological polar surface area (TPSA) is 94.5 Å². The van der Waals surface area contributed by atoms with Crippen molar-refractivity contribution in [3.05, 3.63) is 51.3 Å². The Bertz CT molecular complexity index is 931. The van der Waals surface area contributed by atoms with E-state index in [4.69, 9.17) is 28.0 Å². The quantitative estimate of drug-likeness (QED) is 0.665. The van der Waals surface area contributed by atoms with E-state index < -0.39 is 18.3 Å². The second-order valence-corrected chi connectivity index (χ2v) is 7.28. The van der Waals surface area contributed by atoms with Gasteiger partial charge in [0, 0.05) is 15.5 Å². The van der Waals surface area contributed by atoms with E-state index in [9.17, 15) is 13.6 Å². The van der Waals surface area contributed by atoms with Gasteiger partial charge in [-0.3, -0.25) is 4.68 Å². The normalized spacial score (nSPS) is 19.3. The Balaban J connectivity index is 0.00000117. The predicted molar refractivity (Wildman–Crippen MR) is 105 cm³/mol. The lowest BCUT2D eigenvalue weighted by atomic mass is 9.93. The van der Waals surface area contributed by atoms with E-state index in [1.807, 2.05) is 6.07 Å². The summed E-state index contributed by atoms with van der Waals surface area (Å²) in [5.41, 5.74) is 7.66. The predicted octanol–water partition coefficient (Wildman–Crippen LogP) is 3.24. The highest BCUT2D eigenvalue weighted by atomic mass is 35.5. The van der Waals surface area contributed by atoms with Gasteiger partial charge >= 0.3 is 0 Å². The molecule has 11 heteroatoms. The number of rotatable bonds is 6. The molecule has 4 rings (SSSR count). The smallest absolute Gasteiger partial charge is 0.282 e. The summed E-state index contributed by atoms with van der Waals surface area (Å²) in [6.07, 6.45) is -0.961. The summed E-state index contributed by atoms with van der Waals surface area (Å²) in [5.74, 6) is 0.109. The first-order chi connectivity index (χ1) is 13.9. The van der Waals surface area contributed by atoms with Crippen molar-refractivity contribution in [3.8, 4) is 0 Å². The molecule has 2 heterocycles. The van der Waals surface area contributed by atoms with E-state index in [0.717, 1.165) is 23.1 Å². The number of carbonyl (C=O) groups excluding carboxylic acids is 1. The largest absolute Gasteiger partial charge is 0.384 e. The summed E-state index contributed by atoms with van der Waals surface area (Å²) in [6, 6.07) is 6.47. The Morgan fingerprint density at radius 1 is 1.38 bits per heavy atom. The number of benzene rings is 1. The van der Waals surface area contributed by atoms with Crippen molar-refractivity contribution in [1.82, 2.24) is 15.3 Å². The third kappa shape index (κ3) is 4.13. The molecule has 1 fully saturated rings. The minimum atomic E-state index is -2.76. The lowest BCUT2D eigenvalue weighted by molar-refractivity contribution is -0.108. The Morgan fingerprint density at radius 2 is 2.10 bits per heavy atom. The highest BCUT2D eigenvalue weighted by molar-refractivity contribution is 6.35. The van der Waals surface area contributed by atoms with Crippen LogP contribution in [0.4, 0.5) is 8.78 Å². The number of aldehydes is 1. The molecule has 2 aliphatic rings. The van der Waals surface area contributed by atoms with E-state index in [2.05, 4.69) is 21.3 Å². The first-order valence-electron chi connectivity index (χ1n) is 8.78. The Labute approximate surface area is 175 Å². The van der Waals surface area contributed by atoms with Gasteiger partial charge in [0.25, 0.3) is 12.3 Å². The number of hydroxylamine groups is 1. The van der Waals surface area contributed by atoms with Crippen LogP contribution >= 0.6 is 23.2 Å². The first kappa shape index (κ1) is 21.6. The van der Waals surface area contributed by atoms with E-state index in [1.165, 1.54) is 13.1 Å². The highest BCUT2D eigenvalue weighted by Crippen LogP contribution is 2.54. The Hall–Kier alpha value is -2.07. The van der Waals surface area contributed by atoms with E-state index >= 15 is 0 Å². The maximum atomic E-state index is 13.0. The summed E-state index contributed by atoms with van der Waals surface area (Å²) in [7, 11) is 1.50. The number of hydrogen-bond acceptors (Lipinski definition) is 6. The third-order valence-electron chi connectivity index (χ3n) is 4.78. The van der Waals surface area contributed by atoms with Gasteiger partial charge in [0.1, 0.15) is 23.8 Å². The zero-order chi connectivity index (χ0) is 21.2. The SMILES string of the molecule is CN.O=CCn1nc(C(F)F)cc1C1=NC(C2(c3ccc(Cl)cc3Cl)CC2)NO1. The Morgan fingerprint density at radius 3 is 2.69 bits per heavy atom. The molecule has 1 aliphatic carbocycles.